The van der Waals surface area contributed by atoms with Crippen LogP contribution >= 0.6 is 0 Å². The number of aromatic nitrogens is 5. The van der Waals surface area contributed by atoms with Gasteiger partial charge in [-0.3, -0.25) is 19.8 Å². The Labute approximate surface area is 277 Å². The van der Waals surface area contributed by atoms with Gasteiger partial charge in [0, 0.05) is 43.2 Å². The van der Waals surface area contributed by atoms with Crippen LogP contribution in [-0.2, 0) is 11.0 Å². The molecule has 0 spiro atoms. The summed E-state index contributed by atoms with van der Waals surface area (Å²) < 4.78 is 80.3. The molecule has 262 valence electrons. The summed E-state index contributed by atoms with van der Waals surface area (Å²) >= 11 is 0. The van der Waals surface area contributed by atoms with Crippen LogP contribution in [0.3, 0.4) is 0 Å². The Morgan fingerprint density at radius 2 is 1.92 bits per heavy atom. The number of ether oxygens (including phenoxy) is 1. The standard InChI is InChI=1S/C32H34F5N7O2.CH2O2/c1-3-6-19-22(32(35,36)37)11-23-20(14-39-42-23)24(19)27-25(34)26-21(13-38-27)28(43-9-4-7-30(2,45)16-43)41-29(40-26)46-17-31-8-5-10-44(31)15-18(33)12-31;2-1-3/h3,6,11,13-14,18,45H,4-5,7-10,12,15-17H2,1-2H3,(H,39,42);1H,(H,2,3)/b6-3-;/t18-,30-,31+;/m1./s1. The third kappa shape index (κ3) is 6.50. The largest absolute Gasteiger partial charge is 0.483 e. The van der Waals surface area contributed by atoms with Crippen molar-refractivity contribution in [3.63, 3.8) is 0 Å². The molecule has 3 aliphatic rings. The number of carboxylic acid groups (broad SMARTS) is 1. The monoisotopic (exact) mass is 689 g/mol. The number of alkyl halides is 4. The van der Waals surface area contributed by atoms with Crippen LogP contribution in [0.25, 0.3) is 39.1 Å². The SMILES string of the molecule is C/C=C\c1c(C(F)(F)F)cc2[nH]ncc2c1-c1ncc2c(N3CCC[C@@](C)(O)C3)nc(OC[C@@]34CCCN3C[C@H](F)C4)nc2c1F.O=CO. The van der Waals surface area contributed by atoms with E-state index in [2.05, 4.69) is 30.0 Å². The van der Waals surface area contributed by atoms with Crippen LogP contribution in [0.1, 0.15) is 57.1 Å². The van der Waals surface area contributed by atoms with Gasteiger partial charge in [-0.25, -0.2) is 8.78 Å². The van der Waals surface area contributed by atoms with Crippen LogP contribution < -0.4 is 9.64 Å². The molecule has 0 amide bonds. The molecule has 11 nitrogen and oxygen atoms in total. The van der Waals surface area contributed by atoms with E-state index in [-0.39, 0.29) is 64.3 Å². The molecule has 3 atom stereocenters. The average Bonchev–Trinajstić information content (AvgIpc) is 3.74. The van der Waals surface area contributed by atoms with Crippen molar-refractivity contribution in [2.24, 2.45) is 0 Å². The molecule has 6 heterocycles. The molecule has 3 aliphatic heterocycles. The maximum atomic E-state index is 16.9. The van der Waals surface area contributed by atoms with E-state index in [1.54, 1.807) is 13.8 Å². The van der Waals surface area contributed by atoms with Crippen molar-refractivity contribution < 1.29 is 41.7 Å². The fourth-order valence-corrected chi connectivity index (χ4v) is 7.49. The van der Waals surface area contributed by atoms with Gasteiger partial charge in [-0.15, -0.1) is 0 Å². The summed E-state index contributed by atoms with van der Waals surface area (Å²) in [6.45, 7) is 4.95. The van der Waals surface area contributed by atoms with Crippen molar-refractivity contribution in [1.82, 2.24) is 30.0 Å². The first-order valence-corrected chi connectivity index (χ1v) is 15.9. The van der Waals surface area contributed by atoms with E-state index in [1.165, 1.54) is 24.5 Å². The summed E-state index contributed by atoms with van der Waals surface area (Å²) in [5, 5.41) is 24.7. The number of H-pyrrole nitrogens is 1. The van der Waals surface area contributed by atoms with Gasteiger partial charge in [0.05, 0.1) is 33.8 Å². The van der Waals surface area contributed by atoms with Crippen LogP contribution in [0.5, 0.6) is 6.01 Å². The maximum absolute atomic E-state index is 16.9. The number of carbonyl (C=O) groups is 1. The van der Waals surface area contributed by atoms with Crippen LogP contribution in [0, 0.1) is 5.82 Å². The lowest BCUT2D eigenvalue weighted by atomic mass is 9.93. The number of benzene rings is 1. The molecule has 49 heavy (non-hydrogen) atoms. The summed E-state index contributed by atoms with van der Waals surface area (Å²) in [6.07, 6.45) is 2.87. The van der Waals surface area contributed by atoms with Crippen LogP contribution in [-0.4, -0.2) is 96.8 Å². The van der Waals surface area contributed by atoms with Crippen molar-refractivity contribution in [2.45, 2.75) is 69.4 Å². The second kappa shape index (κ2) is 13.1. The summed E-state index contributed by atoms with van der Waals surface area (Å²) in [7, 11) is 0. The summed E-state index contributed by atoms with van der Waals surface area (Å²) in [5.41, 5.74) is -3.30. The van der Waals surface area contributed by atoms with Gasteiger partial charge < -0.3 is 19.8 Å². The summed E-state index contributed by atoms with van der Waals surface area (Å²) in [4.78, 5) is 25.7. The van der Waals surface area contributed by atoms with Crippen molar-refractivity contribution in [3.8, 4) is 17.3 Å². The van der Waals surface area contributed by atoms with Crippen molar-refractivity contribution in [2.75, 3.05) is 37.7 Å². The number of rotatable bonds is 6. The Morgan fingerprint density at radius 1 is 1.16 bits per heavy atom. The molecular formula is C33H36F5N7O4. The van der Waals surface area contributed by atoms with E-state index >= 15 is 4.39 Å². The number of piperidine rings is 1. The van der Waals surface area contributed by atoms with Crippen molar-refractivity contribution >= 4 is 40.2 Å². The minimum atomic E-state index is -4.75. The Morgan fingerprint density at radius 3 is 2.63 bits per heavy atom. The fraction of sp³-hybridized carbons (Fsp3) is 0.485. The smallest absolute Gasteiger partial charge is 0.417 e. The lowest BCUT2D eigenvalue weighted by molar-refractivity contribution is -0.137. The number of pyridine rings is 1. The Balaban J connectivity index is 0.00000134. The molecule has 3 N–H and O–H groups in total. The van der Waals surface area contributed by atoms with E-state index in [9.17, 15) is 22.7 Å². The zero-order chi connectivity index (χ0) is 35.1. The normalized spacial score (nSPS) is 24.4. The van der Waals surface area contributed by atoms with Gasteiger partial charge in [0.2, 0.25) is 0 Å². The van der Waals surface area contributed by atoms with Gasteiger partial charge in [0.25, 0.3) is 6.47 Å². The molecule has 3 aromatic heterocycles. The lowest BCUT2D eigenvalue weighted by Crippen LogP contribution is -2.46. The van der Waals surface area contributed by atoms with Gasteiger partial charge in [-0.05, 0) is 57.7 Å². The van der Waals surface area contributed by atoms with Gasteiger partial charge in [-0.2, -0.15) is 28.2 Å². The van der Waals surface area contributed by atoms with E-state index in [4.69, 9.17) is 14.6 Å². The highest BCUT2D eigenvalue weighted by atomic mass is 19.4. The number of hydrogen-bond donors (Lipinski definition) is 3. The quantitative estimate of drug-likeness (QED) is 0.169. The number of halogens is 5. The van der Waals surface area contributed by atoms with Crippen molar-refractivity contribution in [3.05, 3.63) is 41.5 Å². The number of aliphatic hydroxyl groups is 1. The van der Waals surface area contributed by atoms with E-state index in [1.807, 2.05) is 4.90 Å². The minimum Gasteiger partial charge on any atom is -0.483 e. The Hall–Kier alpha value is -4.44. The number of anilines is 1. The number of aromatic amines is 1. The van der Waals surface area contributed by atoms with E-state index in [0.717, 1.165) is 25.5 Å². The topological polar surface area (TPSA) is 141 Å². The second-order valence-corrected chi connectivity index (χ2v) is 13.0. The number of β-amino-alcohol motifs (C(OH)–C–C–N with tert-alkyl or cyclic N) is 1. The Kier molecular flexibility index (Phi) is 9.21. The molecule has 0 saturated carbocycles. The van der Waals surface area contributed by atoms with E-state index < -0.39 is 34.9 Å². The average molecular weight is 690 g/mol. The molecule has 0 aliphatic carbocycles. The molecule has 7 rings (SSSR count). The van der Waals surface area contributed by atoms with Crippen LogP contribution in [0.2, 0.25) is 0 Å². The molecule has 0 unspecified atom stereocenters. The zero-order valence-electron chi connectivity index (χ0n) is 26.9. The van der Waals surface area contributed by atoms with E-state index in [0.29, 0.717) is 38.2 Å². The van der Waals surface area contributed by atoms with Gasteiger partial charge in [0.1, 0.15) is 29.8 Å². The third-order valence-corrected chi connectivity index (χ3v) is 9.51. The lowest BCUT2D eigenvalue weighted by Gasteiger charge is -2.38. The first-order valence-electron chi connectivity index (χ1n) is 15.9. The van der Waals surface area contributed by atoms with Crippen LogP contribution in [0.4, 0.5) is 27.8 Å². The number of hydrogen-bond acceptors (Lipinski definition) is 9. The predicted octanol–water partition coefficient (Wildman–Crippen LogP) is 5.77. The highest BCUT2D eigenvalue weighted by Gasteiger charge is 2.49. The highest BCUT2D eigenvalue weighted by molar-refractivity contribution is 6.01. The number of nitrogens with zero attached hydrogens (tertiary/aromatic N) is 6. The second-order valence-electron chi connectivity index (χ2n) is 13.0. The molecule has 4 aromatic rings. The molecule has 1 aromatic carbocycles. The van der Waals surface area contributed by atoms with Gasteiger partial charge >= 0.3 is 12.2 Å². The molecule has 16 heteroatoms. The number of allylic oxidation sites excluding steroid dienone is 1. The molecule has 0 bridgehead atoms. The first kappa shape index (κ1) is 34.4. The first-order chi connectivity index (χ1) is 23.3. The van der Waals surface area contributed by atoms with Crippen molar-refractivity contribution in [1.29, 1.82) is 0 Å². The summed E-state index contributed by atoms with van der Waals surface area (Å²) in [6, 6.07) is 0.809. The number of nitrogens with one attached hydrogen (secondary N) is 1. The summed E-state index contributed by atoms with van der Waals surface area (Å²) in [5.74, 6) is -0.660. The molecule has 3 saturated heterocycles. The van der Waals surface area contributed by atoms with Crippen LogP contribution in [0.15, 0.2) is 24.5 Å². The Bertz CT molecular complexity index is 1900. The third-order valence-electron chi connectivity index (χ3n) is 9.51. The highest BCUT2D eigenvalue weighted by Crippen LogP contribution is 2.44. The molecule has 0 radical (unpaired) electrons. The minimum absolute atomic E-state index is 0.0722. The van der Waals surface area contributed by atoms with Gasteiger partial charge in [-0.1, -0.05) is 12.2 Å². The fourth-order valence-electron chi connectivity index (χ4n) is 7.49. The molecule has 3 fully saturated rings. The number of fused-ring (bicyclic) bond motifs is 3. The van der Waals surface area contributed by atoms with Gasteiger partial charge in [0.15, 0.2) is 5.82 Å². The molecular weight excluding hydrogens is 653 g/mol. The maximum Gasteiger partial charge on any atom is 0.417 e. The zero-order valence-corrected chi connectivity index (χ0v) is 26.9. The predicted molar refractivity (Wildman–Crippen MR) is 171 cm³/mol.